The fraction of sp³-hybridized carbons (Fsp3) is 0.240. The number of carbonyl (C=O) groups is 2. The molecule has 1 aromatic heterocycles. The number of methoxy groups -OCH3 is 1. The lowest BCUT2D eigenvalue weighted by atomic mass is 10.1. The van der Waals surface area contributed by atoms with Gasteiger partial charge in [-0.05, 0) is 55.4 Å². The summed E-state index contributed by atoms with van der Waals surface area (Å²) in [4.78, 5) is 31.9. The molecule has 1 aliphatic heterocycles. The molecular weight excluding hydrogens is 422 g/mol. The van der Waals surface area contributed by atoms with Gasteiger partial charge in [0.05, 0.1) is 23.3 Å². The minimum Gasteiger partial charge on any atom is -0.465 e. The monoisotopic (exact) mass is 447 g/mol. The molecule has 3 aromatic rings. The Balaban J connectivity index is 1.71. The highest BCUT2D eigenvalue weighted by Gasteiger charge is 2.32. The Bertz CT molecular complexity index is 1240. The summed E-state index contributed by atoms with van der Waals surface area (Å²) in [6.07, 6.45) is 5.10. The van der Waals surface area contributed by atoms with Crippen LogP contribution in [0.1, 0.15) is 36.2 Å². The van der Waals surface area contributed by atoms with Crippen LogP contribution in [0.25, 0.3) is 17.0 Å². The second kappa shape index (κ2) is 9.44. The van der Waals surface area contributed by atoms with Crippen molar-refractivity contribution < 1.29 is 14.3 Å². The van der Waals surface area contributed by atoms with E-state index in [1.54, 1.807) is 29.2 Å². The Labute approximate surface area is 191 Å². The Morgan fingerprint density at radius 2 is 1.97 bits per heavy atom. The van der Waals surface area contributed by atoms with Crippen molar-refractivity contribution in [3.8, 4) is 0 Å². The number of aryl methyl sites for hydroxylation is 1. The molecule has 1 fully saturated rings. The Morgan fingerprint density at radius 3 is 2.72 bits per heavy atom. The molecule has 1 aliphatic rings. The molecule has 2 aromatic carbocycles. The predicted molar refractivity (Wildman–Crippen MR) is 130 cm³/mol. The van der Waals surface area contributed by atoms with Gasteiger partial charge >= 0.3 is 5.97 Å². The lowest BCUT2D eigenvalue weighted by Crippen LogP contribution is -2.28. The minimum atomic E-state index is -0.418. The third-order valence-electron chi connectivity index (χ3n) is 5.27. The van der Waals surface area contributed by atoms with E-state index >= 15 is 0 Å². The molecule has 1 saturated heterocycles. The highest BCUT2D eigenvalue weighted by molar-refractivity contribution is 8.18. The van der Waals surface area contributed by atoms with Crippen molar-refractivity contribution in [3.05, 3.63) is 70.8 Å². The maximum absolute atomic E-state index is 13.1. The molecule has 6 nitrogen and oxygen atoms in total. The van der Waals surface area contributed by atoms with E-state index in [0.29, 0.717) is 27.9 Å². The van der Waals surface area contributed by atoms with Gasteiger partial charge in [0.2, 0.25) is 0 Å². The number of aromatic nitrogens is 1. The van der Waals surface area contributed by atoms with Crippen molar-refractivity contribution >= 4 is 51.5 Å². The molecule has 0 unspecified atom stereocenters. The zero-order valence-electron chi connectivity index (χ0n) is 18.4. The summed E-state index contributed by atoms with van der Waals surface area (Å²) in [5, 5.41) is 1.73. The number of benzene rings is 2. The molecule has 0 aliphatic carbocycles. The summed E-state index contributed by atoms with van der Waals surface area (Å²) in [6.45, 7) is 5.51. The van der Waals surface area contributed by atoms with Gasteiger partial charge in [0, 0.05) is 35.8 Å². The predicted octanol–water partition coefficient (Wildman–Crippen LogP) is 5.46. The number of carbonyl (C=O) groups excluding carboxylic acids is 2. The summed E-state index contributed by atoms with van der Waals surface area (Å²) in [5.41, 5.74) is 3.21. The number of likely N-dealkylation sites (N-methyl/N-ethyl adjacent to an activating group) is 1. The smallest absolute Gasteiger partial charge is 0.337 e. The topological polar surface area (TPSA) is 63.9 Å². The van der Waals surface area contributed by atoms with E-state index in [1.165, 1.54) is 18.9 Å². The van der Waals surface area contributed by atoms with Crippen LogP contribution in [0.3, 0.4) is 0 Å². The standard InChI is InChI=1S/C25H25N3O3S/c1-4-13-27-16-18(20-11-6-7-12-21(20)27)15-22-23(29)28(5-2)25(32-22)26-19-10-8-9-17(14-19)24(30)31-3/h6-12,14-16H,4-5,13H2,1-3H3. The van der Waals surface area contributed by atoms with Crippen LogP contribution in [-0.2, 0) is 16.1 Å². The normalized spacial score (nSPS) is 16.5. The van der Waals surface area contributed by atoms with Crippen LogP contribution in [0.5, 0.6) is 0 Å². The lowest BCUT2D eigenvalue weighted by Gasteiger charge is -2.12. The van der Waals surface area contributed by atoms with Crippen LogP contribution in [0.2, 0.25) is 0 Å². The van der Waals surface area contributed by atoms with Crippen LogP contribution in [0.4, 0.5) is 5.69 Å². The second-order valence-corrected chi connectivity index (χ2v) is 8.40. The molecule has 0 N–H and O–H groups in total. The maximum atomic E-state index is 13.1. The maximum Gasteiger partial charge on any atom is 0.337 e. The van der Waals surface area contributed by atoms with Crippen molar-refractivity contribution in [1.82, 2.24) is 9.47 Å². The van der Waals surface area contributed by atoms with Crippen molar-refractivity contribution in [3.63, 3.8) is 0 Å². The summed E-state index contributed by atoms with van der Waals surface area (Å²) >= 11 is 1.35. The van der Waals surface area contributed by atoms with Crippen LogP contribution >= 0.6 is 11.8 Å². The molecule has 7 heteroatoms. The van der Waals surface area contributed by atoms with E-state index in [9.17, 15) is 9.59 Å². The number of amides is 1. The molecule has 1 amide bonds. The SMILES string of the molecule is CCCn1cc(C=C2SC(=Nc3cccc(C(=O)OC)c3)N(CC)C2=O)c2ccccc21. The highest BCUT2D eigenvalue weighted by Crippen LogP contribution is 2.35. The third kappa shape index (κ3) is 4.21. The van der Waals surface area contributed by atoms with E-state index < -0.39 is 5.97 Å². The number of hydrogen-bond donors (Lipinski definition) is 0. The summed E-state index contributed by atoms with van der Waals surface area (Å²) < 4.78 is 7.02. The first kappa shape index (κ1) is 21.9. The number of amidine groups is 1. The quantitative estimate of drug-likeness (QED) is 0.372. The van der Waals surface area contributed by atoms with Crippen molar-refractivity contribution in [2.45, 2.75) is 26.8 Å². The fourth-order valence-electron chi connectivity index (χ4n) is 3.76. The molecule has 0 spiro atoms. The number of thioether (sulfide) groups is 1. The first-order chi connectivity index (χ1) is 15.5. The van der Waals surface area contributed by atoms with Crippen LogP contribution in [-0.4, -0.2) is 40.2 Å². The van der Waals surface area contributed by atoms with Crippen molar-refractivity contribution in [2.24, 2.45) is 4.99 Å². The number of rotatable bonds is 6. The first-order valence-corrected chi connectivity index (χ1v) is 11.4. The van der Waals surface area contributed by atoms with Gasteiger partial charge in [-0.15, -0.1) is 0 Å². The van der Waals surface area contributed by atoms with E-state index in [0.717, 1.165) is 29.4 Å². The van der Waals surface area contributed by atoms with Crippen LogP contribution in [0, 0.1) is 0 Å². The Kier molecular flexibility index (Phi) is 6.46. The molecule has 2 heterocycles. The third-order valence-corrected chi connectivity index (χ3v) is 6.27. The van der Waals surface area contributed by atoms with E-state index in [2.05, 4.69) is 34.8 Å². The van der Waals surface area contributed by atoms with Gasteiger partial charge < -0.3 is 9.30 Å². The first-order valence-electron chi connectivity index (χ1n) is 10.6. The number of ether oxygens (including phenoxy) is 1. The van der Waals surface area contributed by atoms with Gasteiger partial charge in [-0.1, -0.05) is 31.2 Å². The largest absolute Gasteiger partial charge is 0.465 e. The second-order valence-electron chi connectivity index (χ2n) is 7.39. The fourth-order valence-corrected chi connectivity index (χ4v) is 4.81. The van der Waals surface area contributed by atoms with Crippen LogP contribution in [0.15, 0.2) is 64.6 Å². The van der Waals surface area contributed by atoms with Gasteiger partial charge in [-0.25, -0.2) is 9.79 Å². The molecule has 164 valence electrons. The number of nitrogens with zero attached hydrogens (tertiary/aromatic N) is 3. The van der Waals surface area contributed by atoms with E-state index in [4.69, 9.17) is 4.74 Å². The van der Waals surface area contributed by atoms with Crippen molar-refractivity contribution in [2.75, 3.05) is 13.7 Å². The van der Waals surface area contributed by atoms with Crippen molar-refractivity contribution in [1.29, 1.82) is 0 Å². The molecule has 0 radical (unpaired) electrons. The summed E-state index contributed by atoms with van der Waals surface area (Å²) in [6, 6.07) is 15.1. The average Bonchev–Trinajstić information content (AvgIpc) is 3.30. The van der Waals surface area contributed by atoms with Gasteiger partial charge in [0.15, 0.2) is 5.17 Å². The lowest BCUT2D eigenvalue weighted by molar-refractivity contribution is -0.122. The molecular formula is C25H25N3O3S. The zero-order valence-corrected chi connectivity index (χ0v) is 19.2. The Hall–Kier alpha value is -3.32. The van der Waals surface area contributed by atoms with Gasteiger partial charge in [0.1, 0.15) is 0 Å². The van der Waals surface area contributed by atoms with Gasteiger partial charge in [0.25, 0.3) is 5.91 Å². The average molecular weight is 448 g/mol. The minimum absolute atomic E-state index is 0.0623. The number of esters is 1. The highest BCUT2D eigenvalue weighted by atomic mass is 32.2. The zero-order chi connectivity index (χ0) is 22.7. The van der Waals surface area contributed by atoms with Gasteiger partial charge in [-0.3, -0.25) is 9.69 Å². The molecule has 0 bridgehead atoms. The number of para-hydroxylation sites is 1. The van der Waals surface area contributed by atoms with Gasteiger partial charge in [-0.2, -0.15) is 0 Å². The Morgan fingerprint density at radius 1 is 1.16 bits per heavy atom. The van der Waals surface area contributed by atoms with Crippen LogP contribution < -0.4 is 0 Å². The number of aliphatic imine (C=N–C) groups is 1. The summed E-state index contributed by atoms with van der Waals surface area (Å²) in [7, 11) is 1.35. The number of hydrogen-bond acceptors (Lipinski definition) is 5. The van der Waals surface area contributed by atoms with E-state index in [-0.39, 0.29) is 5.91 Å². The molecule has 0 atom stereocenters. The molecule has 0 saturated carbocycles. The number of fused-ring (bicyclic) bond motifs is 1. The summed E-state index contributed by atoms with van der Waals surface area (Å²) in [5.74, 6) is -0.480. The van der Waals surface area contributed by atoms with E-state index in [1.807, 2.05) is 25.1 Å². The molecule has 4 rings (SSSR count). The molecule has 32 heavy (non-hydrogen) atoms.